The average molecular weight is 185 g/mol. The Morgan fingerprint density at radius 2 is 2.00 bits per heavy atom. The maximum atomic E-state index is 5.82. The molecule has 0 bridgehead atoms. The highest BCUT2D eigenvalue weighted by Crippen LogP contribution is 2.22. The highest BCUT2D eigenvalue weighted by molar-refractivity contribution is 6.60. The molecule has 2 fully saturated rings. The van der Waals surface area contributed by atoms with Gasteiger partial charge in [0, 0.05) is 13.1 Å². The Labute approximate surface area is 76.3 Å². The molecule has 1 N–H and O–H groups in total. The minimum absolute atomic E-state index is 0.492. The molecule has 12 heavy (non-hydrogen) atoms. The minimum atomic E-state index is -0.492. The number of nitrogens with one attached hydrogen (secondary N) is 1. The fraction of sp³-hybridized carbons (Fsp3) is 1.00. The maximum absolute atomic E-state index is 5.82. The second-order valence-corrected chi connectivity index (χ2v) is 7.43. The van der Waals surface area contributed by atoms with Gasteiger partial charge in [0.1, 0.15) is 0 Å². The van der Waals surface area contributed by atoms with Gasteiger partial charge in [0.2, 0.25) is 0 Å². The van der Waals surface area contributed by atoms with Gasteiger partial charge in [-0.2, -0.15) is 0 Å². The van der Waals surface area contributed by atoms with Crippen LogP contribution in [0.15, 0.2) is 0 Å². The maximum Gasteiger partial charge on any atom is 0.0733 e. The van der Waals surface area contributed by atoms with Crippen molar-refractivity contribution in [3.8, 4) is 0 Å². The fourth-order valence-electron chi connectivity index (χ4n) is 2.39. The van der Waals surface area contributed by atoms with Crippen LogP contribution in [0, 0.1) is 0 Å². The van der Waals surface area contributed by atoms with E-state index < -0.39 is 8.80 Å². The number of hydrogen-bond acceptors (Lipinski definition) is 2. The molecule has 0 spiro atoms. The van der Waals surface area contributed by atoms with Gasteiger partial charge in [0.25, 0.3) is 0 Å². The lowest BCUT2D eigenvalue weighted by Gasteiger charge is -2.32. The summed E-state index contributed by atoms with van der Waals surface area (Å²) in [6.07, 6.45) is 4.44. The van der Waals surface area contributed by atoms with E-state index in [1.807, 2.05) is 0 Å². The molecule has 3 heteroatoms. The van der Waals surface area contributed by atoms with E-state index in [1.54, 1.807) is 0 Å². The summed E-state index contributed by atoms with van der Waals surface area (Å²) in [5.74, 6) is 0. The van der Waals surface area contributed by atoms with Crippen molar-refractivity contribution in [2.45, 2.75) is 37.1 Å². The summed E-state index contributed by atoms with van der Waals surface area (Å²) in [6.45, 7) is 3.17. The molecule has 70 valence electrons. The number of rotatable bonds is 1. The van der Waals surface area contributed by atoms with E-state index in [9.17, 15) is 0 Å². The van der Waals surface area contributed by atoms with E-state index >= 15 is 0 Å². The molecule has 1 unspecified atom stereocenters. The van der Waals surface area contributed by atoms with Crippen molar-refractivity contribution in [2.75, 3.05) is 19.7 Å². The van der Waals surface area contributed by atoms with Crippen molar-refractivity contribution in [1.82, 2.24) is 5.32 Å². The van der Waals surface area contributed by atoms with Gasteiger partial charge in [0.15, 0.2) is 0 Å². The summed E-state index contributed by atoms with van der Waals surface area (Å²) in [6, 6.07) is 3.07. The highest BCUT2D eigenvalue weighted by Gasteiger charge is 2.26. The zero-order chi connectivity index (χ0) is 8.23. The van der Waals surface area contributed by atoms with Crippen molar-refractivity contribution in [2.24, 2.45) is 0 Å². The normalized spacial score (nSPS) is 33.5. The van der Waals surface area contributed by atoms with Crippen molar-refractivity contribution in [3.05, 3.63) is 0 Å². The van der Waals surface area contributed by atoms with Crippen molar-refractivity contribution >= 4 is 8.80 Å². The van der Waals surface area contributed by atoms with Crippen LogP contribution in [0.4, 0.5) is 0 Å². The van der Waals surface area contributed by atoms with Crippen LogP contribution in [0.3, 0.4) is 0 Å². The molecular formula is C9H19NOSi. The van der Waals surface area contributed by atoms with Crippen LogP contribution < -0.4 is 5.32 Å². The van der Waals surface area contributed by atoms with Gasteiger partial charge in [-0.05, 0) is 0 Å². The molecule has 0 aromatic rings. The summed E-state index contributed by atoms with van der Waals surface area (Å²) in [5.41, 5.74) is 0.666. The Hall–Kier alpha value is 0.137. The SMILES string of the molecule is C1CC[SiH](C2CNCCO2)CC1. The van der Waals surface area contributed by atoms with Gasteiger partial charge in [-0.15, -0.1) is 0 Å². The summed E-state index contributed by atoms with van der Waals surface area (Å²) in [7, 11) is -0.492. The zero-order valence-electron chi connectivity index (χ0n) is 7.72. The Balaban J connectivity index is 1.80. The lowest BCUT2D eigenvalue weighted by molar-refractivity contribution is 0.0740. The Morgan fingerprint density at radius 1 is 1.17 bits per heavy atom. The molecule has 1 atom stereocenters. The second-order valence-electron chi connectivity index (χ2n) is 4.01. The van der Waals surface area contributed by atoms with Gasteiger partial charge in [-0.3, -0.25) is 0 Å². The largest absolute Gasteiger partial charge is 0.379 e. The third-order valence-electron chi connectivity index (χ3n) is 3.13. The smallest absolute Gasteiger partial charge is 0.0733 e. The first-order chi connectivity index (χ1) is 5.97. The van der Waals surface area contributed by atoms with Crippen molar-refractivity contribution in [1.29, 1.82) is 0 Å². The van der Waals surface area contributed by atoms with Crippen LogP contribution in [0.1, 0.15) is 19.3 Å². The third-order valence-corrected chi connectivity index (χ3v) is 6.91. The fourth-order valence-corrected chi connectivity index (χ4v) is 5.96. The van der Waals surface area contributed by atoms with Crippen LogP contribution in [0.5, 0.6) is 0 Å². The number of morpholine rings is 1. The second kappa shape index (κ2) is 4.39. The van der Waals surface area contributed by atoms with Gasteiger partial charge < -0.3 is 10.1 Å². The monoisotopic (exact) mass is 185 g/mol. The van der Waals surface area contributed by atoms with Gasteiger partial charge in [-0.1, -0.05) is 31.4 Å². The molecule has 0 aliphatic carbocycles. The molecule has 0 aromatic heterocycles. The van der Waals surface area contributed by atoms with Crippen molar-refractivity contribution < 1.29 is 4.74 Å². The first kappa shape index (κ1) is 8.72. The third kappa shape index (κ3) is 2.09. The predicted molar refractivity (Wildman–Crippen MR) is 53.2 cm³/mol. The summed E-state index contributed by atoms with van der Waals surface area (Å²) < 4.78 is 5.82. The van der Waals surface area contributed by atoms with Crippen LogP contribution in [0.25, 0.3) is 0 Å². The Morgan fingerprint density at radius 3 is 2.67 bits per heavy atom. The summed E-state index contributed by atoms with van der Waals surface area (Å²) >= 11 is 0. The van der Waals surface area contributed by atoms with E-state index in [0.717, 1.165) is 19.7 Å². The van der Waals surface area contributed by atoms with E-state index in [2.05, 4.69) is 5.32 Å². The lowest BCUT2D eigenvalue weighted by Crippen LogP contribution is -2.47. The average Bonchev–Trinajstić information content (AvgIpc) is 2.21. The molecular weight excluding hydrogens is 166 g/mol. The van der Waals surface area contributed by atoms with E-state index in [1.165, 1.54) is 31.4 Å². The molecule has 0 aromatic carbocycles. The van der Waals surface area contributed by atoms with E-state index in [4.69, 9.17) is 4.74 Å². The Bertz CT molecular complexity index is 114. The van der Waals surface area contributed by atoms with Crippen LogP contribution in [-0.4, -0.2) is 34.2 Å². The highest BCUT2D eigenvalue weighted by atomic mass is 28.3. The molecule has 2 nitrogen and oxygen atoms in total. The summed E-state index contributed by atoms with van der Waals surface area (Å²) in [5, 5.41) is 3.44. The molecule has 2 heterocycles. The van der Waals surface area contributed by atoms with E-state index in [0.29, 0.717) is 5.73 Å². The molecule has 2 aliphatic heterocycles. The van der Waals surface area contributed by atoms with Gasteiger partial charge in [0.05, 0.1) is 21.1 Å². The zero-order valence-corrected chi connectivity index (χ0v) is 8.87. The predicted octanol–water partition coefficient (Wildman–Crippen LogP) is 0.925. The van der Waals surface area contributed by atoms with Crippen LogP contribution >= 0.6 is 0 Å². The number of hydrogen-bond donors (Lipinski definition) is 1. The molecule has 0 radical (unpaired) electrons. The summed E-state index contributed by atoms with van der Waals surface area (Å²) in [4.78, 5) is 0. The molecule has 2 aliphatic rings. The first-order valence-corrected chi connectivity index (χ1v) is 7.59. The molecule has 2 rings (SSSR count). The van der Waals surface area contributed by atoms with Gasteiger partial charge in [-0.25, -0.2) is 0 Å². The lowest BCUT2D eigenvalue weighted by atomic mass is 10.3. The standard InChI is InChI=1S/C9H19NOSi/c1-2-6-12(7-3-1)9-8-10-4-5-11-9/h9-10,12H,1-8H2. The van der Waals surface area contributed by atoms with Crippen molar-refractivity contribution in [3.63, 3.8) is 0 Å². The topological polar surface area (TPSA) is 21.3 Å². The Kier molecular flexibility index (Phi) is 3.19. The molecule has 0 amide bonds. The van der Waals surface area contributed by atoms with Crippen LogP contribution in [-0.2, 0) is 4.74 Å². The molecule has 2 saturated heterocycles. The molecule has 0 saturated carbocycles. The van der Waals surface area contributed by atoms with E-state index in [-0.39, 0.29) is 0 Å². The quantitative estimate of drug-likeness (QED) is 0.614. The minimum Gasteiger partial charge on any atom is -0.379 e. The van der Waals surface area contributed by atoms with Crippen LogP contribution in [0.2, 0.25) is 12.1 Å². The number of ether oxygens (including phenoxy) is 1. The first-order valence-electron chi connectivity index (χ1n) is 5.29. The van der Waals surface area contributed by atoms with Gasteiger partial charge >= 0.3 is 0 Å².